The summed E-state index contributed by atoms with van der Waals surface area (Å²) in [6.45, 7) is 2.74. The monoisotopic (exact) mass is 297 g/mol. The van der Waals surface area contributed by atoms with Crippen molar-refractivity contribution in [2.75, 3.05) is 13.2 Å². The van der Waals surface area contributed by atoms with Crippen LogP contribution in [0.1, 0.15) is 48.1 Å². The van der Waals surface area contributed by atoms with Crippen molar-refractivity contribution in [1.29, 1.82) is 0 Å². The first-order valence-electron chi connectivity index (χ1n) is 7.16. The number of carbonyl (C=O) groups is 1. The minimum atomic E-state index is -0.471. The van der Waals surface area contributed by atoms with E-state index in [2.05, 4.69) is 17.2 Å². The Morgan fingerprint density at radius 1 is 1.60 bits per heavy atom. The van der Waals surface area contributed by atoms with Gasteiger partial charge in [0.25, 0.3) is 5.91 Å². The Morgan fingerprint density at radius 3 is 2.90 bits per heavy atom. The lowest BCUT2D eigenvalue weighted by atomic mass is 9.77. The lowest BCUT2D eigenvalue weighted by Gasteiger charge is -2.38. The van der Waals surface area contributed by atoms with E-state index in [0.717, 1.165) is 30.7 Å². The van der Waals surface area contributed by atoms with Gasteiger partial charge in [0.1, 0.15) is 5.69 Å². The van der Waals surface area contributed by atoms with Crippen LogP contribution in [-0.4, -0.2) is 34.7 Å². The van der Waals surface area contributed by atoms with Crippen LogP contribution in [0.4, 0.5) is 0 Å². The molecule has 6 heteroatoms. The zero-order chi connectivity index (χ0) is 14.6. The van der Waals surface area contributed by atoms with Gasteiger partial charge < -0.3 is 16.2 Å². The molecule has 1 heterocycles. The van der Waals surface area contributed by atoms with Crippen LogP contribution in [0.15, 0.2) is 5.38 Å². The van der Waals surface area contributed by atoms with E-state index in [4.69, 9.17) is 5.73 Å². The SMILES string of the molecule is CC1CCC(CO)(NC(=O)c2csc(CCN)n2)CC1. The summed E-state index contributed by atoms with van der Waals surface area (Å²) in [5.74, 6) is 0.482. The van der Waals surface area contributed by atoms with Crippen molar-refractivity contribution < 1.29 is 9.90 Å². The second-order valence-corrected chi connectivity index (χ2v) is 6.68. The molecule has 1 aromatic heterocycles. The third-order valence-electron chi connectivity index (χ3n) is 4.06. The molecular weight excluding hydrogens is 274 g/mol. The Labute approximate surface area is 123 Å². The first kappa shape index (κ1) is 15.4. The van der Waals surface area contributed by atoms with Crippen molar-refractivity contribution in [2.24, 2.45) is 11.7 Å². The highest BCUT2D eigenvalue weighted by Gasteiger charge is 2.35. The van der Waals surface area contributed by atoms with Crippen LogP contribution in [0.25, 0.3) is 0 Å². The number of amides is 1. The molecule has 5 nitrogen and oxygen atoms in total. The Hall–Kier alpha value is -0.980. The molecule has 2 rings (SSSR count). The quantitative estimate of drug-likeness (QED) is 0.764. The highest BCUT2D eigenvalue weighted by molar-refractivity contribution is 7.09. The zero-order valence-corrected chi connectivity index (χ0v) is 12.7. The van der Waals surface area contributed by atoms with Gasteiger partial charge in [-0.15, -0.1) is 11.3 Å². The number of aliphatic hydroxyl groups excluding tert-OH is 1. The predicted octanol–water partition coefficient (Wildman–Crippen LogP) is 1.32. The molecule has 20 heavy (non-hydrogen) atoms. The van der Waals surface area contributed by atoms with Crippen molar-refractivity contribution in [1.82, 2.24) is 10.3 Å². The molecule has 0 spiro atoms. The van der Waals surface area contributed by atoms with Gasteiger partial charge in [0.15, 0.2) is 0 Å². The first-order valence-corrected chi connectivity index (χ1v) is 8.04. The molecule has 0 aromatic carbocycles. The van der Waals surface area contributed by atoms with Crippen LogP contribution in [0.5, 0.6) is 0 Å². The van der Waals surface area contributed by atoms with Crippen LogP contribution in [0, 0.1) is 5.92 Å². The van der Waals surface area contributed by atoms with Gasteiger partial charge in [0.05, 0.1) is 17.2 Å². The van der Waals surface area contributed by atoms with E-state index >= 15 is 0 Å². The molecule has 1 aliphatic rings. The molecule has 0 radical (unpaired) electrons. The van der Waals surface area contributed by atoms with Gasteiger partial charge in [-0.3, -0.25) is 4.79 Å². The molecule has 0 saturated heterocycles. The van der Waals surface area contributed by atoms with E-state index in [1.165, 1.54) is 11.3 Å². The second-order valence-electron chi connectivity index (χ2n) is 5.74. The molecular formula is C14H23N3O2S. The van der Waals surface area contributed by atoms with E-state index in [1.54, 1.807) is 5.38 Å². The number of aliphatic hydroxyl groups is 1. The molecule has 1 aliphatic carbocycles. The minimum absolute atomic E-state index is 0.00868. The smallest absolute Gasteiger partial charge is 0.271 e. The minimum Gasteiger partial charge on any atom is -0.394 e. The average Bonchev–Trinajstić information content (AvgIpc) is 2.91. The second kappa shape index (κ2) is 6.65. The summed E-state index contributed by atoms with van der Waals surface area (Å²) in [5, 5.41) is 15.3. The highest BCUT2D eigenvalue weighted by Crippen LogP contribution is 2.31. The summed E-state index contributed by atoms with van der Waals surface area (Å²) in [6.07, 6.45) is 4.43. The number of nitrogens with zero attached hydrogens (tertiary/aromatic N) is 1. The van der Waals surface area contributed by atoms with Crippen LogP contribution < -0.4 is 11.1 Å². The molecule has 1 amide bonds. The van der Waals surface area contributed by atoms with Gasteiger partial charge in [-0.25, -0.2) is 4.98 Å². The van der Waals surface area contributed by atoms with Crippen molar-refractivity contribution in [3.05, 3.63) is 16.1 Å². The van der Waals surface area contributed by atoms with E-state index in [9.17, 15) is 9.90 Å². The van der Waals surface area contributed by atoms with E-state index in [1.807, 2.05) is 0 Å². The van der Waals surface area contributed by atoms with Crippen LogP contribution in [-0.2, 0) is 6.42 Å². The van der Waals surface area contributed by atoms with Crippen molar-refractivity contribution in [3.63, 3.8) is 0 Å². The third kappa shape index (κ3) is 3.56. The van der Waals surface area contributed by atoms with Gasteiger partial charge in [-0.2, -0.15) is 0 Å². The van der Waals surface area contributed by atoms with E-state index in [0.29, 0.717) is 24.6 Å². The first-order chi connectivity index (χ1) is 9.58. The number of carbonyl (C=O) groups excluding carboxylic acids is 1. The fourth-order valence-electron chi connectivity index (χ4n) is 2.60. The molecule has 4 N–H and O–H groups in total. The lowest BCUT2D eigenvalue weighted by molar-refractivity contribution is 0.0713. The Kier molecular flexibility index (Phi) is 5.12. The zero-order valence-electron chi connectivity index (χ0n) is 11.9. The summed E-state index contributed by atoms with van der Waals surface area (Å²) >= 11 is 1.46. The van der Waals surface area contributed by atoms with Gasteiger partial charge in [-0.05, 0) is 38.1 Å². The Bertz CT molecular complexity index is 453. The number of hydrogen-bond acceptors (Lipinski definition) is 5. The summed E-state index contributed by atoms with van der Waals surface area (Å²) in [5.41, 5.74) is 5.45. The Morgan fingerprint density at radius 2 is 2.30 bits per heavy atom. The normalized spacial score (nSPS) is 26.4. The van der Waals surface area contributed by atoms with Crippen LogP contribution >= 0.6 is 11.3 Å². The number of aromatic nitrogens is 1. The number of hydrogen-bond donors (Lipinski definition) is 3. The maximum absolute atomic E-state index is 12.3. The molecule has 112 valence electrons. The highest BCUT2D eigenvalue weighted by atomic mass is 32.1. The molecule has 0 atom stereocenters. The van der Waals surface area contributed by atoms with Gasteiger partial charge in [0, 0.05) is 11.8 Å². The standard InChI is InChI=1S/C14H23N3O2S/c1-10-2-5-14(9-18,6-3-10)17-13(19)11-8-20-12(16-11)4-7-15/h8,10,18H,2-7,9,15H2,1H3,(H,17,19). The average molecular weight is 297 g/mol. The maximum Gasteiger partial charge on any atom is 0.271 e. The van der Waals surface area contributed by atoms with Crippen molar-refractivity contribution in [2.45, 2.75) is 44.6 Å². The molecule has 0 bridgehead atoms. The van der Waals surface area contributed by atoms with E-state index < -0.39 is 5.54 Å². The number of nitrogens with one attached hydrogen (secondary N) is 1. The Balaban J connectivity index is 2.01. The van der Waals surface area contributed by atoms with Crippen LogP contribution in [0.2, 0.25) is 0 Å². The van der Waals surface area contributed by atoms with Crippen molar-refractivity contribution in [3.8, 4) is 0 Å². The molecule has 0 aliphatic heterocycles. The molecule has 1 aromatic rings. The summed E-state index contributed by atoms with van der Waals surface area (Å²) in [4.78, 5) is 16.6. The van der Waals surface area contributed by atoms with Crippen LogP contribution in [0.3, 0.4) is 0 Å². The van der Waals surface area contributed by atoms with Gasteiger partial charge in [0.2, 0.25) is 0 Å². The van der Waals surface area contributed by atoms with Gasteiger partial charge in [-0.1, -0.05) is 6.92 Å². The fraction of sp³-hybridized carbons (Fsp3) is 0.714. The summed E-state index contributed by atoms with van der Waals surface area (Å²) in [6, 6.07) is 0. The predicted molar refractivity (Wildman–Crippen MR) is 79.8 cm³/mol. The maximum atomic E-state index is 12.3. The topological polar surface area (TPSA) is 88.2 Å². The summed E-state index contributed by atoms with van der Waals surface area (Å²) in [7, 11) is 0. The number of rotatable bonds is 5. The third-order valence-corrected chi connectivity index (χ3v) is 4.96. The number of nitrogens with two attached hydrogens (primary N) is 1. The molecule has 0 unspecified atom stereocenters. The molecule has 1 saturated carbocycles. The van der Waals surface area contributed by atoms with Gasteiger partial charge >= 0.3 is 0 Å². The lowest BCUT2D eigenvalue weighted by Crippen LogP contribution is -2.53. The number of thiazole rings is 1. The van der Waals surface area contributed by atoms with Crippen molar-refractivity contribution >= 4 is 17.2 Å². The van der Waals surface area contributed by atoms with E-state index in [-0.39, 0.29) is 12.5 Å². The fourth-order valence-corrected chi connectivity index (χ4v) is 3.39. The summed E-state index contributed by atoms with van der Waals surface area (Å²) < 4.78 is 0. The molecule has 1 fully saturated rings. The largest absolute Gasteiger partial charge is 0.394 e.